The van der Waals surface area contributed by atoms with Crippen molar-refractivity contribution in [2.45, 2.75) is 19.3 Å². The van der Waals surface area contributed by atoms with Crippen molar-refractivity contribution in [2.24, 2.45) is 0 Å². The molecule has 1 aromatic rings. The van der Waals surface area contributed by atoms with Gasteiger partial charge in [-0.25, -0.2) is 4.79 Å². The van der Waals surface area contributed by atoms with Crippen molar-refractivity contribution in [3.8, 4) is 11.5 Å². The summed E-state index contributed by atoms with van der Waals surface area (Å²) >= 11 is 0. The maximum atomic E-state index is 11.1. The fourth-order valence-electron chi connectivity index (χ4n) is 1.56. The van der Waals surface area contributed by atoms with Gasteiger partial charge in [0.05, 0.1) is 13.7 Å². The molecule has 0 heterocycles. The van der Waals surface area contributed by atoms with Crippen molar-refractivity contribution >= 4 is 5.97 Å². The van der Waals surface area contributed by atoms with Gasteiger partial charge in [0, 0.05) is 6.61 Å². The molecule has 2 N–H and O–H groups in total. The summed E-state index contributed by atoms with van der Waals surface area (Å²) in [6.07, 6.45) is 2.33. The Hall–Kier alpha value is -1.75. The molecule has 0 aliphatic carbocycles. The molecule has 0 aliphatic heterocycles. The lowest BCUT2D eigenvalue weighted by molar-refractivity contribution is 0.0691. The molecular formula is C13H18O5. The van der Waals surface area contributed by atoms with E-state index in [-0.39, 0.29) is 17.9 Å². The molecule has 18 heavy (non-hydrogen) atoms. The summed E-state index contributed by atoms with van der Waals surface area (Å²) in [7, 11) is 1.47. The lowest BCUT2D eigenvalue weighted by Gasteiger charge is -2.12. The zero-order valence-corrected chi connectivity index (χ0v) is 10.4. The number of aliphatic hydroxyl groups is 1. The van der Waals surface area contributed by atoms with E-state index in [0.717, 1.165) is 19.3 Å². The van der Waals surface area contributed by atoms with Crippen molar-refractivity contribution in [2.75, 3.05) is 20.3 Å². The highest BCUT2D eigenvalue weighted by molar-refractivity contribution is 5.92. The molecule has 0 saturated carbocycles. The number of carboxylic acid groups (broad SMARTS) is 1. The van der Waals surface area contributed by atoms with E-state index in [0.29, 0.717) is 12.4 Å². The molecule has 0 fully saturated rings. The average molecular weight is 254 g/mol. The van der Waals surface area contributed by atoms with Crippen LogP contribution in [-0.4, -0.2) is 36.5 Å². The largest absolute Gasteiger partial charge is 0.493 e. The number of hydrogen-bond donors (Lipinski definition) is 2. The molecule has 0 unspecified atom stereocenters. The summed E-state index contributed by atoms with van der Waals surface area (Å²) in [6, 6.07) is 4.75. The lowest BCUT2D eigenvalue weighted by atomic mass is 10.2. The third-order valence-corrected chi connectivity index (χ3v) is 2.48. The summed E-state index contributed by atoms with van der Waals surface area (Å²) in [5, 5.41) is 17.7. The zero-order chi connectivity index (χ0) is 13.4. The fraction of sp³-hybridized carbons (Fsp3) is 0.462. The Morgan fingerprint density at radius 2 is 2.06 bits per heavy atom. The highest BCUT2D eigenvalue weighted by Crippen LogP contribution is 2.31. The van der Waals surface area contributed by atoms with E-state index in [4.69, 9.17) is 19.7 Å². The van der Waals surface area contributed by atoms with Gasteiger partial charge in [0.1, 0.15) is 5.56 Å². The Morgan fingerprint density at radius 3 is 2.67 bits per heavy atom. The molecule has 0 radical (unpaired) electrons. The number of aliphatic hydroxyl groups excluding tert-OH is 1. The van der Waals surface area contributed by atoms with Crippen LogP contribution in [0.25, 0.3) is 0 Å². The highest BCUT2D eigenvalue weighted by atomic mass is 16.5. The van der Waals surface area contributed by atoms with Gasteiger partial charge in [0.15, 0.2) is 11.5 Å². The second kappa shape index (κ2) is 7.55. The smallest absolute Gasteiger partial charge is 0.339 e. The number of rotatable bonds is 8. The molecule has 0 saturated heterocycles. The van der Waals surface area contributed by atoms with Gasteiger partial charge < -0.3 is 19.7 Å². The molecule has 0 amide bonds. The SMILES string of the molecule is COc1cccc(C(=O)O)c1OCCCCCO. The average Bonchev–Trinajstić information content (AvgIpc) is 2.38. The number of unbranched alkanes of at least 4 members (excludes halogenated alkanes) is 2. The van der Waals surface area contributed by atoms with Crippen LogP contribution in [-0.2, 0) is 0 Å². The number of ether oxygens (including phenoxy) is 2. The third kappa shape index (κ3) is 3.92. The van der Waals surface area contributed by atoms with Crippen molar-refractivity contribution < 1.29 is 24.5 Å². The van der Waals surface area contributed by atoms with Crippen LogP contribution in [0, 0.1) is 0 Å². The highest BCUT2D eigenvalue weighted by Gasteiger charge is 2.15. The molecule has 0 bridgehead atoms. The van der Waals surface area contributed by atoms with Gasteiger partial charge in [-0.3, -0.25) is 0 Å². The van der Waals surface area contributed by atoms with Crippen LogP contribution in [0.2, 0.25) is 0 Å². The van der Waals surface area contributed by atoms with Crippen molar-refractivity contribution in [1.29, 1.82) is 0 Å². The number of hydrogen-bond acceptors (Lipinski definition) is 4. The first-order chi connectivity index (χ1) is 8.70. The Kier molecular flexibility index (Phi) is 6.00. The minimum Gasteiger partial charge on any atom is -0.493 e. The van der Waals surface area contributed by atoms with E-state index in [1.165, 1.54) is 13.2 Å². The van der Waals surface area contributed by atoms with Gasteiger partial charge in [-0.2, -0.15) is 0 Å². The van der Waals surface area contributed by atoms with Gasteiger partial charge in [-0.15, -0.1) is 0 Å². The van der Waals surface area contributed by atoms with Gasteiger partial charge in [0.2, 0.25) is 0 Å². The summed E-state index contributed by atoms with van der Waals surface area (Å²) < 4.78 is 10.6. The van der Waals surface area contributed by atoms with Crippen molar-refractivity contribution in [1.82, 2.24) is 0 Å². The van der Waals surface area contributed by atoms with Gasteiger partial charge >= 0.3 is 5.97 Å². The first-order valence-electron chi connectivity index (χ1n) is 5.84. The maximum absolute atomic E-state index is 11.1. The van der Waals surface area contributed by atoms with Gasteiger partial charge in [-0.05, 0) is 31.4 Å². The topological polar surface area (TPSA) is 76.0 Å². The second-order valence-corrected chi connectivity index (χ2v) is 3.77. The first-order valence-corrected chi connectivity index (χ1v) is 5.84. The molecule has 0 aliphatic rings. The summed E-state index contributed by atoms with van der Waals surface area (Å²) in [5.74, 6) is -0.368. The number of aromatic carboxylic acids is 1. The van der Waals surface area contributed by atoms with Crippen LogP contribution in [0.5, 0.6) is 11.5 Å². The summed E-state index contributed by atoms with van der Waals surface area (Å²) in [5.41, 5.74) is 0.0940. The van der Waals surface area contributed by atoms with Gasteiger partial charge in [0.25, 0.3) is 0 Å². The van der Waals surface area contributed by atoms with E-state index >= 15 is 0 Å². The number of benzene rings is 1. The van der Waals surface area contributed by atoms with Gasteiger partial charge in [-0.1, -0.05) is 6.07 Å². The zero-order valence-electron chi connectivity index (χ0n) is 10.4. The molecular weight excluding hydrogens is 236 g/mol. The normalized spacial score (nSPS) is 10.1. The molecule has 0 atom stereocenters. The maximum Gasteiger partial charge on any atom is 0.339 e. The van der Waals surface area contributed by atoms with Crippen LogP contribution in [0.1, 0.15) is 29.6 Å². The predicted octanol–water partition coefficient (Wildman–Crippen LogP) is 1.93. The Bertz CT molecular complexity index is 389. The molecule has 0 aromatic heterocycles. The van der Waals surface area contributed by atoms with E-state index in [2.05, 4.69) is 0 Å². The molecule has 1 rings (SSSR count). The molecule has 0 spiro atoms. The van der Waals surface area contributed by atoms with Crippen LogP contribution >= 0.6 is 0 Å². The van der Waals surface area contributed by atoms with E-state index in [1.54, 1.807) is 12.1 Å². The molecule has 5 nitrogen and oxygen atoms in total. The third-order valence-electron chi connectivity index (χ3n) is 2.48. The number of methoxy groups -OCH3 is 1. The van der Waals surface area contributed by atoms with E-state index in [1.807, 2.05) is 0 Å². The minimum absolute atomic E-state index is 0.0940. The first kappa shape index (κ1) is 14.3. The summed E-state index contributed by atoms with van der Waals surface area (Å²) in [4.78, 5) is 11.1. The Balaban J connectivity index is 2.69. The van der Waals surface area contributed by atoms with E-state index < -0.39 is 5.97 Å². The quantitative estimate of drug-likeness (QED) is 0.693. The number of carbonyl (C=O) groups is 1. The number of carboxylic acids is 1. The monoisotopic (exact) mass is 254 g/mol. The van der Waals surface area contributed by atoms with E-state index in [9.17, 15) is 4.79 Å². The Labute approximate surface area is 106 Å². The minimum atomic E-state index is -1.04. The standard InChI is InChI=1S/C13H18O5/c1-17-11-7-5-6-10(13(15)16)12(11)18-9-4-2-3-8-14/h5-7,14H,2-4,8-9H2,1H3,(H,15,16). The second-order valence-electron chi connectivity index (χ2n) is 3.77. The predicted molar refractivity (Wildman–Crippen MR) is 66.4 cm³/mol. The van der Waals surface area contributed by atoms with Crippen LogP contribution in [0.4, 0.5) is 0 Å². The molecule has 100 valence electrons. The molecule has 1 aromatic carbocycles. The lowest BCUT2D eigenvalue weighted by Crippen LogP contribution is -2.06. The summed E-state index contributed by atoms with van der Waals surface area (Å²) in [6.45, 7) is 0.565. The van der Waals surface area contributed by atoms with Crippen LogP contribution in [0.3, 0.4) is 0 Å². The fourth-order valence-corrected chi connectivity index (χ4v) is 1.56. The molecule has 5 heteroatoms. The van der Waals surface area contributed by atoms with Crippen molar-refractivity contribution in [3.63, 3.8) is 0 Å². The Morgan fingerprint density at radius 1 is 1.28 bits per heavy atom. The van der Waals surface area contributed by atoms with Crippen molar-refractivity contribution in [3.05, 3.63) is 23.8 Å². The number of para-hydroxylation sites is 1. The van der Waals surface area contributed by atoms with Crippen LogP contribution < -0.4 is 9.47 Å². The van der Waals surface area contributed by atoms with Crippen LogP contribution in [0.15, 0.2) is 18.2 Å².